The van der Waals surface area contributed by atoms with Crippen LogP contribution in [0.2, 0.25) is 0 Å². The van der Waals surface area contributed by atoms with Gasteiger partial charge in [0.2, 0.25) is 5.91 Å². The molecule has 1 saturated heterocycles. The third-order valence-corrected chi connectivity index (χ3v) is 4.06. The van der Waals surface area contributed by atoms with Gasteiger partial charge < -0.3 is 11.1 Å². The molecule has 0 spiro atoms. The lowest BCUT2D eigenvalue weighted by Gasteiger charge is -2.31. The molecule has 110 valence electrons. The molecule has 0 atom stereocenters. The van der Waals surface area contributed by atoms with Crippen molar-refractivity contribution in [2.75, 3.05) is 19.6 Å². The van der Waals surface area contributed by atoms with Crippen molar-refractivity contribution < 1.29 is 9.18 Å². The van der Waals surface area contributed by atoms with Crippen LogP contribution in [0.15, 0.2) is 22.7 Å². The number of nitrogens with zero attached hydrogens (tertiary/aromatic N) is 1. The second kappa shape index (κ2) is 7.15. The second-order valence-electron chi connectivity index (χ2n) is 5.13. The average molecular weight is 344 g/mol. The molecule has 0 aromatic heterocycles. The summed E-state index contributed by atoms with van der Waals surface area (Å²) < 4.78 is 14.4. The van der Waals surface area contributed by atoms with E-state index in [2.05, 4.69) is 26.1 Å². The lowest BCUT2D eigenvalue weighted by atomic mass is 10.0. The molecule has 1 fully saturated rings. The molecule has 1 amide bonds. The smallest absolute Gasteiger partial charge is 0.231 e. The number of hydrogen-bond donors (Lipinski definition) is 2. The molecule has 1 aliphatic rings. The fourth-order valence-corrected chi connectivity index (χ4v) is 2.77. The van der Waals surface area contributed by atoms with E-state index in [0.717, 1.165) is 30.4 Å². The van der Waals surface area contributed by atoms with Crippen molar-refractivity contribution in [2.45, 2.75) is 25.4 Å². The van der Waals surface area contributed by atoms with Gasteiger partial charge in [0, 0.05) is 35.7 Å². The molecule has 1 heterocycles. The molecule has 0 unspecified atom stereocenters. The molecular formula is C14H19BrFN3O. The Morgan fingerprint density at radius 1 is 1.45 bits per heavy atom. The number of primary amides is 1. The highest BCUT2D eigenvalue weighted by Gasteiger charge is 2.19. The van der Waals surface area contributed by atoms with Gasteiger partial charge in [-0.15, -0.1) is 0 Å². The Morgan fingerprint density at radius 3 is 2.75 bits per heavy atom. The Labute approximate surface area is 126 Å². The van der Waals surface area contributed by atoms with Gasteiger partial charge in [-0.2, -0.15) is 0 Å². The number of nitrogens with one attached hydrogen (secondary N) is 1. The number of halogens is 2. The minimum atomic E-state index is -0.284. The fraction of sp³-hybridized carbons (Fsp3) is 0.500. The van der Waals surface area contributed by atoms with Crippen molar-refractivity contribution in [1.29, 1.82) is 0 Å². The quantitative estimate of drug-likeness (QED) is 0.854. The van der Waals surface area contributed by atoms with Gasteiger partial charge in [0.05, 0.1) is 6.54 Å². The van der Waals surface area contributed by atoms with E-state index in [-0.39, 0.29) is 11.7 Å². The highest BCUT2D eigenvalue weighted by atomic mass is 79.9. The van der Waals surface area contributed by atoms with Crippen LogP contribution in [0.3, 0.4) is 0 Å². The predicted octanol–water partition coefficient (Wildman–Crippen LogP) is 1.63. The van der Waals surface area contributed by atoms with Crippen molar-refractivity contribution in [1.82, 2.24) is 10.2 Å². The number of piperidine rings is 1. The summed E-state index contributed by atoms with van der Waals surface area (Å²) in [5.41, 5.74) is 5.85. The van der Waals surface area contributed by atoms with E-state index < -0.39 is 0 Å². The average Bonchev–Trinajstić information content (AvgIpc) is 2.39. The van der Waals surface area contributed by atoms with Gasteiger partial charge in [-0.25, -0.2) is 4.39 Å². The van der Waals surface area contributed by atoms with E-state index in [1.807, 2.05) is 6.07 Å². The van der Waals surface area contributed by atoms with Crippen molar-refractivity contribution in [3.8, 4) is 0 Å². The molecule has 0 aliphatic carbocycles. The Morgan fingerprint density at radius 2 is 2.15 bits per heavy atom. The largest absolute Gasteiger partial charge is 0.369 e. The molecule has 1 aliphatic heterocycles. The van der Waals surface area contributed by atoms with Crippen LogP contribution in [0, 0.1) is 5.82 Å². The predicted molar refractivity (Wildman–Crippen MR) is 79.6 cm³/mol. The van der Waals surface area contributed by atoms with Crippen LogP contribution in [0.1, 0.15) is 18.4 Å². The number of hydrogen-bond acceptors (Lipinski definition) is 3. The zero-order chi connectivity index (χ0) is 14.5. The number of carbonyl (C=O) groups is 1. The van der Waals surface area contributed by atoms with Gasteiger partial charge >= 0.3 is 0 Å². The maximum Gasteiger partial charge on any atom is 0.231 e. The van der Waals surface area contributed by atoms with E-state index in [9.17, 15) is 9.18 Å². The zero-order valence-electron chi connectivity index (χ0n) is 11.2. The molecule has 6 heteroatoms. The number of likely N-dealkylation sites (tertiary alicyclic amines) is 1. The number of nitrogens with two attached hydrogens (primary N) is 1. The monoisotopic (exact) mass is 343 g/mol. The summed E-state index contributed by atoms with van der Waals surface area (Å²) in [6.45, 7) is 2.56. The summed E-state index contributed by atoms with van der Waals surface area (Å²) in [6.07, 6.45) is 1.90. The highest BCUT2D eigenvalue weighted by molar-refractivity contribution is 9.10. The molecule has 20 heavy (non-hydrogen) atoms. The van der Waals surface area contributed by atoms with Crippen LogP contribution >= 0.6 is 15.9 Å². The summed E-state index contributed by atoms with van der Waals surface area (Å²) in [5.74, 6) is -0.480. The minimum absolute atomic E-state index is 0.196. The van der Waals surface area contributed by atoms with Crippen LogP contribution in [-0.4, -0.2) is 36.5 Å². The van der Waals surface area contributed by atoms with E-state index in [1.165, 1.54) is 6.07 Å². The van der Waals surface area contributed by atoms with Crippen LogP contribution in [0.5, 0.6) is 0 Å². The highest BCUT2D eigenvalue weighted by Crippen LogP contribution is 2.16. The Kier molecular flexibility index (Phi) is 5.51. The third-order valence-electron chi connectivity index (χ3n) is 3.56. The molecule has 2 rings (SSSR count). The first-order chi connectivity index (χ1) is 9.54. The normalized spacial score (nSPS) is 17.3. The Hall–Kier alpha value is -0.980. The SMILES string of the molecule is NC(=O)CN1CCC(NCc2ccc(Br)cc2F)CC1. The van der Waals surface area contributed by atoms with Crippen LogP contribution in [0.4, 0.5) is 4.39 Å². The van der Waals surface area contributed by atoms with E-state index >= 15 is 0 Å². The molecule has 3 N–H and O–H groups in total. The van der Waals surface area contributed by atoms with Crippen molar-refractivity contribution in [3.63, 3.8) is 0 Å². The van der Waals surface area contributed by atoms with Gasteiger partial charge in [0.25, 0.3) is 0 Å². The first-order valence-corrected chi connectivity index (χ1v) is 7.52. The van der Waals surface area contributed by atoms with E-state index in [0.29, 0.717) is 24.7 Å². The van der Waals surface area contributed by atoms with Crippen LogP contribution in [0.25, 0.3) is 0 Å². The Balaban J connectivity index is 1.77. The fourth-order valence-electron chi connectivity index (χ4n) is 2.43. The summed E-state index contributed by atoms with van der Waals surface area (Å²) in [6, 6.07) is 5.47. The molecule has 4 nitrogen and oxygen atoms in total. The van der Waals surface area contributed by atoms with Gasteiger partial charge in [-0.05, 0) is 25.0 Å². The van der Waals surface area contributed by atoms with Gasteiger partial charge in [0.1, 0.15) is 5.82 Å². The molecule has 0 radical (unpaired) electrons. The zero-order valence-corrected chi connectivity index (χ0v) is 12.8. The molecule has 0 bridgehead atoms. The lowest BCUT2D eigenvalue weighted by molar-refractivity contribution is -0.119. The Bertz CT molecular complexity index is 475. The maximum atomic E-state index is 13.7. The van der Waals surface area contributed by atoms with Crippen LogP contribution in [-0.2, 0) is 11.3 Å². The standard InChI is InChI=1S/C14H19BrFN3O/c15-11-2-1-10(13(16)7-11)8-18-12-3-5-19(6-4-12)9-14(17)20/h1-2,7,12,18H,3-6,8-9H2,(H2,17,20). The lowest BCUT2D eigenvalue weighted by Crippen LogP contribution is -2.45. The molecule has 1 aromatic carbocycles. The van der Waals surface area contributed by atoms with E-state index in [4.69, 9.17) is 5.73 Å². The topological polar surface area (TPSA) is 58.4 Å². The van der Waals surface area contributed by atoms with Crippen molar-refractivity contribution in [3.05, 3.63) is 34.1 Å². The van der Waals surface area contributed by atoms with Crippen molar-refractivity contribution >= 4 is 21.8 Å². The first-order valence-electron chi connectivity index (χ1n) is 6.72. The summed E-state index contributed by atoms with van der Waals surface area (Å²) in [4.78, 5) is 12.9. The number of amides is 1. The molecular weight excluding hydrogens is 325 g/mol. The van der Waals surface area contributed by atoms with Gasteiger partial charge in [-0.1, -0.05) is 22.0 Å². The maximum absolute atomic E-state index is 13.7. The number of carbonyl (C=O) groups excluding carboxylic acids is 1. The summed E-state index contributed by atoms with van der Waals surface area (Å²) in [7, 11) is 0. The summed E-state index contributed by atoms with van der Waals surface area (Å²) >= 11 is 3.25. The third kappa shape index (κ3) is 4.54. The van der Waals surface area contributed by atoms with E-state index in [1.54, 1.807) is 6.07 Å². The number of benzene rings is 1. The van der Waals surface area contributed by atoms with Crippen LogP contribution < -0.4 is 11.1 Å². The molecule has 0 saturated carbocycles. The molecule has 1 aromatic rings. The number of rotatable bonds is 5. The first kappa shape index (κ1) is 15.4. The van der Waals surface area contributed by atoms with Gasteiger partial charge in [-0.3, -0.25) is 9.69 Å². The van der Waals surface area contributed by atoms with Crippen molar-refractivity contribution in [2.24, 2.45) is 5.73 Å². The summed E-state index contributed by atoms with van der Waals surface area (Å²) in [5, 5.41) is 3.37. The minimum Gasteiger partial charge on any atom is -0.369 e. The second-order valence-corrected chi connectivity index (χ2v) is 6.05. The van der Waals surface area contributed by atoms with Gasteiger partial charge in [0.15, 0.2) is 0 Å².